The minimum atomic E-state index is -0.452. The van der Waals surface area contributed by atoms with Gasteiger partial charge in [0, 0.05) is 11.6 Å². The summed E-state index contributed by atoms with van der Waals surface area (Å²) in [6.45, 7) is 2.22. The first-order valence-corrected chi connectivity index (χ1v) is 7.62. The van der Waals surface area contributed by atoms with E-state index in [1.807, 2.05) is 6.92 Å². The van der Waals surface area contributed by atoms with Crippen molar-refractivity contribution in [1.29, 1.82) is 0 Å². The fraction of sp³-hybridized carbons (Fsp3) is 0.188. The lowest BCUT2D eigenvalue weighted by atomic mass is 10.2. The topological polar surface area (TPSA) is 78.7 Å². The van der Waals surface area contributed by atoms with Gasteiger partial charge < -0.3 is 9.47 Å². The summed E-state index contributed by atoms with van der Waals surface area (Å²) < 4.78 is 11.7. The lowest BCUT2D eigenvalue weighted by Crippen LogP contribution is -2.03. The Balaban J connectivity index is 2.30. The van der Waals surface area contributed by atoms with Crippen LogP contribution in [0.15, 0.2) is 40.9 Å². The molecule has 7 heteroatoms. The molecule has 2 aromatic rings. The average Bonchev–Trinajstić information content (AvgIpc) is 2.54. The molecule has 0 radical (unpaired) electrons. The number of nitro benzene ring substituents is 1. The van der Waals surface area contributed by atoms with Crippen LogP contribution in [0, 0.1) is 10.1 Å². The Morgan fingerprint density at radius 1 is 1.26 bits per heavy atom. The maximum absolute atomic E-state index is 11.0. The Morgan fingerprint density at radius 2 is 2.00 bits per heavy atom. The van der Waals surface area contributed by atoms with Crippen molar-refractivity contribution in [3.05, 3.63) is 62.1 Å². The molecule has 2 rings (SSSR count). The lowest BCUT2D eigenvalue weighted by Gasteiger charge is -2.14. The molecule has 2 aromatic carbocycles. The van der Waals surface area contributed by atoms with E-state index < -0.39 is 4.92 Å². The Bertz CT molecular complexity index is 732. The molecule has 0 bridgehead atoms. The van der Waals surface area contributed by atoms with Gasteiger partial charge in [-0.3, -0.25) is 14.9 Å². The molecule has 0 heterocycles. The van der Waals surface area contributed by atoms with Crippen LogP contribution in [-0.4, -0.2) is 17.8 Å². The Kier molecular flexibility index (Phi) is 5.70. The van der Waals surface area contributed by atoms with Gasteiger partial charge in [0.25, 0.3) is 5.69 Å². The van der Waals surface area contributed by atoms with E-state index in [0.29, 0.717) is 40.0 Å². The van der Waals surface area contributed by atoms with Gasteiger partial charge in [-0.25, -0.2) is 0 Å². The van der Waals surface area contributed by atoms with Crippen molar-refractivity contribution in [2.24, 2.45) is 0 Å². The summed E-state index contributed by atoms with van der Waals surface area (Å²) in [5.74, 6) is 0.804. The standard InChI is InChI=1S/C16H14BrNO5/c1-2-22-15-8-11(9-19)7-13(17)16(15)23-10-12-5-3-4-6-14(12)18(20)21/h3-9H,2,10H2,1H3. The second-order valence-corrected chi connectivity index (χ2v) is 5.41. The molecule has 0 atom stereocenters. The summed E-state index contributed by atoms with van der Waals surface area (Å²) >= 11 is 3.33. The number of halogens is 1. The quantitative estimate of drug-likeness (QED) is 0.410. The molecule has 23 heavy (non-hydrogen) atoms. The van der Waals surface area contributed by atoms with Crippen molar-refractivity contribution in [3.8, 4) is 11.5 Å². The van der Waals surface area contributed by atoms with E-state index in [4.69, 9.17) is 9.47 Å². The maximum Gasteiger partial charge on any atom is 0.276 e. The van der Waals surface area contributed by atoms with Gasteiger partial charge in [0.05, 0.1) is 21.6 Å². The van der Waals surface area contributed by atoms with Gasteiger partial charge in [0.15, 0.2) is 11.5 Å². The van der Waals surface area contributed by atoms with Crippen LogP contribution in [0.2, 0.25) is 0 Å². The largest absolute Gasteiger partial charge is 0.490 e. The summed E-state index contributed by atoms with van der Waals surface area (Å²) in [5.41, 5.74) is 0.885. The third kappa shape index (κ3) is 4.07. The Hall–Kier alpha value is -2.41. The minimum Gasteiger partial charge on any atom is -0.490 e. The summed E-state index contributed by atoms with van der Waals surface area (Å²) in [4.78, 5) is 21.5. The SMILES string of the molecule is CCOc1cc(C=O)cc(Br)c1OCc1ccccc1[N+](=O)[O-]. The number of hydrogen-bond donors (Lipinski definition) is 0. The zero-order valence-corrected chi connectivity index (χ0v) is 13.9. The number of ether oxygens (including phenoxy) is 2. The van der Waals surface area contributed by atoms with E-state index in [-0.39, 0.29) is 12.3 Å². The van der Waals surface area contributed by atoms with Gasteiger partial charge in [-0.05, 0) is 41.1 Å². The van der Waals surface area contributed by atoms with Gasteiger partial charge >= 0.3 is 0 Å². The van der Waals surface area contributed by atoms with Gasteiger partial charge in [-0.2, -0.15) is 0 Å². The first-order chi connectivity index (χ1) is 11.1. The second kappa shape index (κ2) is 7.73. The maximum atomic E-state index is 11.0. The number of carbonyl (C=O) groups excluding carboxylic acids is 1. The molecular weight excluding hydrogens is 366 g/mol. The number of hydrogen-bond acceptors (Lipinski definition) is 5. The minimum absolute atomic E-state index is 0.00825. The number of rotatable bonds is 7. The van der Waals surface area contributed by atoms with Gasteiger partial charge in [-0.15, -0.1) is 0 Å². The molecule has 0 saturated heterocycles. The van der Waals surface area contributed by atoms with Crippen LogP contribution in [-0.2, 0) is 6.61 Å². The van der Waals surface area contributed by atoms with E-state index in [1.165, 1.54) is 6.07 Å². The highest BCUT2D eigenvalue weighted by molar-refractivity contribution is 9.10. The van der Waals surface area contributed by atoms with E-state index >= 15 is 0 Å². The number of aldehydes is 1. The van der Waals surface area contributed by atoms with Crippen LogP contribution in [0.25, 0.3) is 0 Å². The fourth-order valence-corrected chi connectivity index (χ4v) is 2.59. The lowest BCUT2D eigenvalue weighted by molar-refractivity contribution is -0.385. The second-order valence-electron chi connectivity index (χ2n) is 4.56. The van der Waals surface area contributed by atoms with E-state index in [1.54, 1.807) is 30.3 Å². The van der Waals surface area contributed by atoms with Crippen molar-refractivity contribution in [2.45, 2.75) is 13.5 Å². The molecule has 0 spiro atoms. The molecule has 0 N–H and O–H groups in total. The van der Waals surface area contributed by atoms with E-state index in [9.17, 15) is 14.9 Å². The summed E-state index contributed by atoms with van der Waals surface area (Å²) in [5, 5.41) is 11.0. The molecule has 0 amide bonds. The van der Waals surface area contributed by atoms with E-state index in [0.717, 1.165) is 0 Å². The van der Waals surface area contributed by atoms with Crippen LogP contribution in [0.3, 0.4) is 0 Å². The highest BCUT2D eigenvalue weighted by Gasteiger charge is 2.16. The Labute approximate surface area is 141 Å². The molecule has 0 fully saturated rings. The van der Waals surface area contributed by atoms with Crippen molar-refractivity contribution in [2.75, 3.05) is 6.61 Å². The number of nitro groups is 1. The number of para-hydroxylation sites is 1. The van der Waals surface area contributed by atoms with Crippen molar-refractivity contribution in [3.63, 3.8) is 0 Å². The molecule has 0 aliphatic heterocycles. The molecule has 120 valence electrons. The molecular formula is C16H14BrNO5. The zero-order chi connectivity index (χ0) is 16.8. The molecule has 0 aromatic heterocycles. The predicted octanol–water partition coefficient (Wildman–Crippen LogP) is 4.15. The average molecular weight is 380 g/mol. The normalized spacial score (nSPS) is 10.2. The van der Waals surface area contributed by atoms with Crippen LogP contribution in [0.5, 0.6) is 11.5 Å². The summed E-state index contributed by atoms with van der Waals surface area (Å²) in [7, 11) is 0. The molecule has 0 aliphatic carbocycles. The Morgan fingerprint density at radius 3 is 2.65 bits per heavy atom. The monoisotopic (exact) mass is 379 g/mol. The van der Waals surface area contributed by atoms with Crippen LogP contribution in [0.4, 0.5) is 5.69 Å². The van der Waals surface area contributed by atoms with Crippen LogP contribution >= 0.6 is 15.9 Å². The molecule has 0 aliphatic rings. The van der Waals surface area contributed by atoms with Crippen molar-refractivity contribution >= 4 is 27.9 Å². The first kappa shape index (κ1) is 17.0. The predicted molar refractivity (Wildman–Crippen MR) is 88.1 cm³/mol. The number of nitrogens with zero attached hydrogens (tertiary/aromatic N) is 1. The van der Waals surface area contributed by atoms with Crippen molar-refractivity contribution in [1.82, 2.24) is 0 Å². The number of carbonyl (C=O) groups is 1. The molecule has 0 saturated carbocycles. The smallest absolute Gasteiger partial charge is 0.276 e. The molecule has 6 nitrogen and oxygen atoms in total. The van der Waals surface area contributed by atoms with Crippen LogP contribution < -0.4 is 9.47 Å². The van der Waals surface area contributed by atoms with Gasteiger partial charge in [-0.1, -0.05) is 12.1 Å². The summed E-state index contributed by atoms with van der Waals surface area (Å²) in [6.07, 6.45) is 0.707. The highest BCUT2D eigenvalue weighted by Crippen LogP contribution is 2.37. The van der Waals surface area contributed by atoms with Crippen molar-refractivity contribution < 1.29 is 19.2 Å². The third-order valence-electron chi connectivity index (χ3n) is 3.03. The molecule has 0 unspecified atom stereocenters. The first-order valence-electron chi connectivity index (χ1n) is 6.83. The number of benzene rings is 2. The zero-order valence-electron chi connectivity index (χ0n) is 12.3. The third-order valence-corrected chi connectivity index (χ3v) is 3.62. The van der Waals surface area contributed by atoms with E-state index in [2.05, 4.69) is 15.9 Å². The van der Waals surface area contributed by atoms with Crippen LogP contribution in [0.1, 0.15) is 22.8 Å². The fourth-order valence-electron chi connectivity index (χ4n) is 2.02. The van der Waals surface area contributed by atoms with Gasteiger partial charge in [0.1, 0.15) is 12.9 Å². The van der Waals surface area contributed by atoms with Gasteiger partial charge in [0.2, 0.25) is 0 Å². The summed E-state index contributed by atoms with van der Waals surface area (Å²) in [6, 6.07) is 9.53. The highest BCUT2D eigenvalue weighted by atomic mass is 79.9.